The maximum Gasteiger partial charge on any atom is 0.259 e. The number of rotatable bonds is 4. The van der Waals surface area contributed by atoms with Crippen LogP contribution in [0.2, 0.25) is 0 Å². The quantitative estimate of drug-likeness (QED) is 0.917. The average Bonchev–Trinajstić information content (AvgIpc) is 2.47. The maximum atomic E-state index is 12.3. The number of anilines is 1. The molecule has 0 fully saturated rings. The van der Waals surface area contributed by atoms with Gasteiger partial charge in [-0.2, -0.15) is 0 Å². The molecule has 0 aliphatic heterocycles. The molecule has 1 amide bonds. The Morgan fingerprint density at radius 3 is 2.62 bits per heavy atom. The first-order chi connectivity index (χ1) is 10.0. The second-order valence-electron chi connectivity index (χ2n) is 4.17. The van der Waals surface area contributed by atoms with Crippen LogP contribution in [0.25, 0.3) is 0 Å². The van der Waals surface area contributed by atoms with E-state index in [1.165, 1.54) is 25.3 Å². The fourth-order valence-electron chi connectivity index (χ4n) is 1.78. The van der Waals surface area contributed by atoms with Crippen LogP contribution in [0.3, 0.4) is 0 Å². The van der Waals surface area contributed by atoms with Crippen LogP contribution in [0.4, 0.5) is 5.69 Å². The van der Waals surface area contributed by atoms with E-state index in [-0.39, 0.29) is 5.56 Å². The summed E-state index contributed by atoms with van der Waals surface area (Å²) in [7, 11) is 1.47. The Bertz CT molecular complexity index is 700. The molecule has 1 N–H and O–H groups in total. The highest BCUT2D eigenvalue weighted by Gasteiger charge is 2.13. The number of carbonyl (C=O) groups is 2. The molecule has 21 heavy (non-hydrogen) atoms. The number of benzene rings is 2. The summed E-state index contributed by atoms with van der Waals surface area (Å²) in [6.07, 6.45) is 0. The van der Waals surface area contributed by atoms with Gasteiger partial charge in [-0.3, -0.25) is 4.79 Å². The lowest BCUT2D eigenvalue weighted by Gasteiger charge is -2.11. The number of amides is 1. The van der Waals surface area contributed by atoms with Gasteiger partial charge in [0.25, 0.3) is 5.91 Å². The van der Waals surface area contributed by atoms with E-state index in [9.17, 15) is 14.7 Å². The lowest BCUT2D eigenvalue weighted by atomic mass is 10.1. The molecular formula is C15H11BrNO4-. The third-order valence-corrected chi connectivity index (χ3v) is 3.26. The predicted molar refractivity (Wildman–Crippen MR) is 79.4 cm³/mol. The molecule has 2 rings (SSSR count). The molecule has 0 bridgehead atoms. The molecule has 2 aromatic carbocycles. The first-order valence-corrected chi connectivity index (χ1v) is 6.77. The topological polar surface area (TPSA) is 78.5 Å². The third kappa shape index (κ3) is 3.61. The normalized spacial score (nSPS) is 10.0. The number of carbonyl (C=O) groups excluding carboxylic acids is 2. The molecule has 0 heterocycles. The number of nitrogens with one attached hydrogen (secondary N) is 1. The summed E-state index contributed by atoms with van der Waals surface area (Å²) in [5.41, 5.74) is 0.698. The molecule has 0 aromatic heterocycles. The van der Waals surface area contributed by atoms with Crippen LogP contribution >= 0.6 is 15.9 Å². The van der Waals surface area contributed by atoms with Gasteiger partial charge in [-0.15, -0.1) is 0 Å². The minimum atomic E-state index is -1.30. The van der Waals surface area contributed by atoms with Gasteiger partial charge in [0.2, 0.25) is 0 Å². The minimum absolute atomic E-state index is 0.00555. The molecule has 108 valence electrons. The number of aromatic carboxylic acids is 1. The lowest BCUT2D eigenvalue weighted by molar-refractivity contribution is -0.255. The second-order valence-corrected chi connectivity index (χ2v) is 5.08. The first kappa shape index (κ1) is 15.1. The fourth-order valence-corrected chi connectivity index (χ4v) is 2.14. The largest absolute Gasteiger partial charge is 0.545 e. The van der Waals surface area contributed by atoms with Gasteiger partial charge in [0.1, 0.15) is 5.75 Å². The van der Waals surface area contributed by atoms with Crippen molar-refractivity contribution < 1.29 is 19.4 Å². The van der Waals surface area contributed by atoms with Gasteiger partial charge >= 0.3 is 0 Å². The average molecular weight is 349 g/mol. The van der Waals surface area contributed by atoms with Gasteiger partial charge in [0.05, 0.1) is 18.6 Å². The van der Waals surface area contributed by atoms with Crippen molar-refractivity contribution in [3.63, 3.8) is 0 Å². The highest BCUT2D eigenvalue weighted by atomic mass is 79.9. The lowest BCUT2D eigenvalue weighted by Crippen LogP contribution is -2.22. The fraction of sp³-hybridized carbons (Fsp3) is 0.0667. The van der Waals surface area contributed by atoms with Crippen LogP contribution in [0.15, 0.2) is 46.9 Å². The van der Waals surface area contributed by atoms with E-state index in [0.29, 0.717) is 17.0 Å². The van der Waals surface area contributed by atoms with Crippen LogP contribution in [0.1, 0.15) is 20.7 Å². The van der Waals surface area contributed by atoms with Crippen molar-refractivity contribution in [1.82, 2.24) is 0 Å². The van der Waals surface area contributed by atoms with E-state index in [0.717, 1.165) is 4.47 Å². The Hall–Kier alpha value is -2.34. The number of methoxy groups -OCH3 is 1. The molecule has 0 aliphatic rings. The molecule has 0 saturated carbocycles. The van der Waals surface area contributed by atoms with Crippen molar-refractivity contribution in [2.75, 3.05) is 12.4 Å². The molecule has 0 saturated heterocycles. The molecule has 0 radical (unpaired) electrons. The molecule has 6 heteroatoms. The summed E-state index contributed by atoms with van der Waals surface area (Å²) in [6, 6.07) is 10.9. The summed E-state index contributed by atoms with van der Waals surface area (Å²) in [5, 5.41) is 13.4. The number of hydrogen-bond donors (Lipinski definition) is 1. The molecule has 0 atom stereocenters. The van der Waals surface area contributed by atoms with Crippen molar-refractivity contribution in [3.8, 4) is 5.75 Å². The molecular weight excluding hydrogens is 338 g/mol. The predicted octanol–water partition coefficient (Wildman–Crippen LogP) is 2.07. The van der Waals surface area contributed by atoms with Gasteiger partial charge in [0.15, 0.2) is 0 Å². The Kier molecular flexibility index (Phi) is 4.59. The number of hydrogen-bond acceptors (Lipinski definition) is 4. The van der Waals surface area contributed by atoms with Gasteiger partial charge in [-0.25, -0.2) is 0 Å². The zero-order valence-corrected chi connectivity index (χ0v) is 12.6. The van der Waals surface area contributed by atoms with Crippen LogP contribution in [-0.4, -0.2) is 19.0 Å². The number of carboxylic acid groups (broad SMARTS) is 1. The van der Waals surface area contributed by atoms with Crippen LogP contribution in [0, 0.1) is 0 Å². The van der Waals surface area contributed by atoms with Crippen LogP contribution in [-0.2, 0) is 0 Å². The van der Waals surface area contributed by atoms with E-state index < -0.39 is 11.9 Å². The van der Waals surface area contributed by atoms with E-state index in [1.54, 1.807) is 24.3 Å². The van der Waals surface area contributed by atoms with Gasteiger partial charge in [0, 0.05) is 10.2 Å². The van der Waals surface area contributed by atoms with Crippen molar-refractivity contribution in [1.29, 1.82) is 0 Å². The first-order valence-electron chi connectivity index (χ1n) is 5.97. The van der Waals surface area contributed by atoms with E-state index in [4.69, 9.17) is 4.74 Å². The molecule has 0 aliphatic carbocycles. The minimum Gasteiger partial charge on any atom is -0.545 e. The molecule has 2 aromatic rings. The molecule has 5 nitrogen and oxygen atoms in total. The highest BCUT2D eigenvalue weighted by Crippen LogP contribution is 2.24. The highest BCUT2D eigenvalue weighted by molar-refractivity contribution is 9.10. The summed E-state index contributed by atoms with van der Waals surface area (Å²) in [5.74, 6) is -1.28. The Morgan fingerprint density at radius 2 is 1.95 bits per heavy atom. The van der Waals surface area contributed by atoms with Crippen molar-refractivity contribution >= 4 is 33.5 Å². The summed E-state index contributed by atoms with van der Waals surface area (Å²) < 4.78 is 5.87. The van der Waals surface area contributed by atoms with Crippen molar-refractivity contribution in [2.45, 2.75) is 0 Å². The number of carboxylic acids is 1. The van der Waals surface area contributed by atoms with Crippen LogP contribution < -0.4 is 15.2 Å². The monoisotopic (exact) mass is 348 g/mol. The smallest absolute Gasteiger partial charge is 0.259 e. The summed E-state index contributed by atoms with van der Waals surface area (Å²) >= 11 is 3.29. The van der Waals surface area contributed by atoms with Gasteiger partial charge < -0.3 is 20.0 Å². The summed E-state index contributed by atoms with van der Waals surface area (Å²) in [6.45, 7) is 0. The van der Waals surface area contributed by atoms with Crippen molar-refractivity contribution in [2.24, 2.45) is 0 Å². The van der Waals surface area contributed by atoms with Crippen LogP contribution in [0.5, 0.6) is 5.75 Å². The van der Waals surface area contributed by atoms with Crippen molar-refractivity contribution in [3.05, 3.63) is 58.1 Å². The molecule has 0 spiro atoms. The van der Waals surface area contributed by atoms with Gasteiger partial charge in [-0.1, -0.05) is 28.1 Å². The third-order valence-electron chi connectivity index (χ3n) is 2.76. The maximum absolute atomic E-state index is 12.3. The zero-order chi connectivity index (χ0) is 15.4. The van der Waals surface area contributed by atoms with E-state index >= 15 is 0 Å². The number of halogens is 1. The zero-order valence-electron chi connectivity index (χ0n) is 11.1. The Labute approximate surface area is 129 Å². The summed E-state index contributed by atoms with van der Waals surface area (Å²) in [4.78, 5) is 23.1. The van der Waals surface area contributed by atoms with Gasteiger partial charge in [-0.05, 0) is 35.9 Å². The molecule has 0 unspecified atom stereocenters. The second kappa shape index (κ2) is 6.41. The number of ether oxygens (including phenoxy) is 1. The Morgan fingerprint density at radius 1 is 1.19 bits per heavy atom. The van der Waals surface area contributed by atoms with E-state index in [2.05, 4.69) is 21.2 Å². The standard InChI is InChI=1S/C15H12BrNO4/c1-21-13-6-5-10(16)8-12(13)14(18)17-11-4-2-3-9(7-11)15(19)20/h2-8H,1H3,(H,17,18)(H,19,20)/p-1. The van der Waals surface area contributed by atoms with E-state index in [1.807, 2.05) is 0 Å². The Balaban J connectivity index is 2.28. The SMILES string of the molecule is COc1ccc(Br)cc1C(=O)Nc1cccc(C(=O)[O-])c1.